The van der Waals surface area contributed by atoms with Crippen LogP contribution in [0.1, 0.15) is 113 Å². The molecule has 0 aliphatic heterocycles. The van der Waals surface area contributed by atoms with Crippen LogP contribution in [0.15, 0.2) is 11.6 Å². The van der Waals surface area contributed by atoms with Crippen molar-refractivity contribution in [3.63, 3.8) is 0 Å². The van der Waals surface area contributed by atoms with E-state index in [1.807, 2.05) is 0 Å². The number of fused-ring (bicyclic) bond motifs is 5. The van der Waals surface area contributed by atoms with Crippen molar-refractivity contribution < 1.29 is 5.11 Å². The summed E-state index contributed by atoms with van der Waals surface area (Å²) < 4.78 is 0. The second-order valence-corrected chi connectivity index (χ2v) is 13.2. The number of aliphatic hydroxyl groups is 1. The van der Waals surface area contributed by atoms with Gasteiger partial charge in [0.2, 0.25) is 0 Å². The van der Waals surface area contributed by atoms with E-state index in [0.717, 1.165) is 36.0 Å². The zero-order chi connectivity index (χ0) is 21.9. The Morgan fingerprint density at radius 1 is 0.900 bits per heavy atom. The topological polar surface area (TPSA) is 20.2 Å². The number of aliphatic hydroxyl groups excluding tert-OH is 1. The number of hydrogen-bond acceptors (Lipinski definition) is 1. The highest BCUT2D eigenvalue weighted by Crippen LogP contribution is 2.73. The first-order valence-corrected chi connectivity index (χ1v) is 13.4. The van der Waals surface area contributed by atoms with E-state index in [-0.39, 0.29) is 6.10 Å². The Morgan fingerprint density at radius 2 is 1.57 bits per heavy atom. The highest BCUT2D eigenvalue weighted by molar-refractivity contribution is 5.15. The Hall–Kier alpha value is -0.300. The molecule has 4 rings (SSSR count). The van der Waals surface area contributed by atoms with Crippen LogP contribution in [0.3, 0.4) is 0 Å². The van der Waals surface area contributed by atoms with Gasteiger partial charge in [-0.05, 0) is 130 Å². The van der Waals surface area contributed by atoms with Crippen molar-refractivity contribution in [1.29, 1.82) is 0 Å². The molecule has 0 aromatic heterocycles. The van der Waals surface area contributed by atoms with Crippen molar-refractivity contribution in [3.8, 4) is 0 Å². The van der Waals surface area contributed by atoms with Crippen molar-refractivity contribution >= 4 is 0 Å². The minimum absolute atomic E-state index is 0.0541. The molecule has 0 aromatic carbocycles. The Bertz CT molecular complexity index is 661. The lowest BCUT2D eigenvalue weighted by Crippen LogP contribution is -2.59. The zero-order valence-corrected chi connectivity index (χ0v) is 21.1. The van der Waals surface area contributed by atoms with Gasteiger partial charge >= 0.3 is 0 Å². The van der Waals surface area contributed by atoms with Gasteiger partial charge in [0.25, 0.3) is 0 Å². The van der Waals surface area contributed by atoms with E-state index in [2.05, 4.69) is 54.5 Å². The first kappa shape index (κ1) is 22.9. The van der Waals surface area contributed by atoms with Crippen LogP contribution in [-0.2, 0) is 0 Å². The summed E-state index contributed by atoms with van der Waals surface area (Å²) in [5.41, 5.74) is 3.00. The molecule has 0 radical (unpaired) electrons. The van der Waals surface area contributed by atoms with Crippen LogP contribution in [0.4, 0.5) is 0 Å². The molecule has 1 nitrogen and oxygen atoms in total. The molecule has 1 heteroatoms. The van der Waals surface area contributed by atoms with Crippen molar-refractivity contribution in [2.24, 2.45) is 51.8 Å². The summed E-state index contributed by atoms with van der Waals surface area (Å²) in [4.78, 5) is 0. The molecule has 4 aliphatic carbocycles. The van der Waals surface area contributed by atoms with Gasteiger partial charge in [-0.15, -0.1) is 0 Å². The van der Waals surface area contributed by atoms with E-state index < -0.39 is 0 Å². The maximum absolute atomic E-state index is 10.6. The fraction of sp³-hybridized carbons (Fsp3) is 0.931. The average molecular weight is 415 g/mol. The predicted octanol–water partition coefficient (Wildman–Crippen LogP) is 8.02. The third-order valence-electron chi connectivity index (χ3n) is 11.9. The molecule has 1 N–H and O–H groups in total. The van der Waals surface area contributed by atoms with Crippen LogP contribution >= 0.6 is 0 Å². The zero-order valence-electron chi connectivity index (χ0n) is 21.1. The van der Waals surface area contributed by atoms with Gasteiger partial charge in [0, 0.05) is 0 Å². The maximum Gasteiger partial charge on any atom is 0.0568 e. The molecule has 0 saturated heterocycles. The van der Waals surface area contributed by atoms with Crippen LogP contribution in [0.5, 0.6) is 0 Å². The van der Waals surface area contributed by atoms with E-state index in [4.69, 9.17) is 0 Å². The quantitative estimate of drug-likeness (QED) is 0.462. The van der Waals surface area contributed by atoms with Crippen LogP contribution < -0.4 is 0 Å². The Kier molecular flexibility index (Phi) is 6.05. The van der Waals surface area contributed by atoms with Gasteiger partial charge < -0.3 is 5.11 Å². The fourth-order valence-electron chi connectivity index (χ4n) is 9.91. The molecular weight excluding hydrogens is 364 g/mol. The summed E-state index contributed by atoms with van der Waals surface area (Å²) in [6.07, 6.45) is 15.9. The Morgan fingerprint density at radius 3 is 2.27 bits per heavy atom. The molecule has 0 heterocycles. The first-order chi connectivity index (χ1) is 14.0. The largest absolute Gasteiger partial charge is 0.393 e. The first-order valence-electron chi connectivity index (χ1n) is 13.4. The molecule has 0 amide bonds. The van der Waals surface area contributed by atoms with Gasteiger partial charge in [0.05, 0.1) is 6.10 Å². The lowest BCUT2D eigenvalue weighted by atomic mass is 9.39. The van der Waals surface area contributed by atoms with Crippen LogP contribution in [0.25, 0.3) is 0 Å². The smallest absolute Gasteiger partial charge is 0.0568 e. The highest BCUT2D eigenvalue weighted by atomic mass is 16.3. The van der Waals surface area contributed by atoms with Crippen LogP contribution in [-0.4, -0.2) is 11.2 Å². The van der Waals surface area contributed by atoms with Crippen LogP contribution in [0, 0.1) is 51.8 Å². The molecule has 30 heavy (non-hydrogen) atoms. The SMILES string of the molecule is CC(C)=CCCC(C)C1CCC2(C)C3CCC4C(C)C(O)CCC4(C)C3CCC12C. The normalized spacial score (nSPS) is 51.5. The van der Waals surface area contributed by atoms with E-state index >= 15 is 0 Å². The second-order valence-electron chi connectivity index (χ2n) is 13.2. The van der Waals surface area contributed by atoms with Crippen molar-refractivity contribution in [1.82, 2.24) is 0 Å². The second kappa shape index (κ2) is 7.93. The molecule has 0 bridgehead atoms. The summed E-state index contributed by atoms with van der Waals surface area (Å²) in [6.45, 7) is 17.5. The molecule has 4 saturated carbocycles. The molecule has 0 aromatic rings. The molecule has 4 fully saturated rings. The minimum Gasteiger partial charge on any atom is -0.393 e. The van der Waals surface area contributed by atoms with Crippen molar-refractivity contribution in [2.75, 3.05) is 0 Å². The van der Waals surface area contributed by atoms with E-state index in [9.17, 15) is 5.11 Å². The predicted molar refractivity (Wildman–Crippen MR) is 128 cm³/mol. The van der Waals surface area contributed by atoms with Gasteiger partial charge in [0.1, 0.15) is 0 Å². The van der Waals surface area contributed by atoms with Crippen molar-refractivity contribution in [3.05, 3.63) is 11.6 Å². The van der Waals surface area contributed by atoms with E-state index in [0.29, 0.717) is 22.2 Å². The van der Waals surface area contributed by atoms with Crippen molar-refractivity contribution in [2.45, 2.75) is 119 Å². The fourth-order valence-corrected chi connectivity index (χ4v) is 9.91. The number of rotatable bonds is 4. The van der Waals surface area contributed by atoms with Gasteiger partial charge in [-0.2, -0.15) is 0 Å². The highest BCUT2D eigenvalue weighted by Gasteiger charge is 2.66. The minimum atomic E-state index is -0.0541. The summed E-state index contributed by atoms with van der Waals surface area (Å²) >= 11 is 0. The number of hydrogen-bond donors (Lipinski definition) is 1. The van der Waals surface area contributed by atoms with Gasteiger partial charge in [-0.1, -0.05) is 46.3 Å². The summed E-state index contributed by atoms with van der Waals surface area (Å²) in [6, 6.07) is 0. The standard InChI is InChI=1S/C29H50O/c1-19(2)9-8-10-20(3)22-13-17-29(7)25-12-11-23-21(4)26(30)15-16-27(23,5)24(25)14-18-28(22,29)6/h9,20-26,30H,8,10-18H2,1-7H3. The molecule has 0 spiro atoms. The molecule has 10 atom stereocenters. The summed E-state index contributed by atoms with van der Waals surface area (Å²) in [5.74, 6) is 4.80. The van der Waals surface area contributed by atoms with Gasteiger partial charge in [-0.3, -0.25) is 0 Å². The monoisotopic (exact) mass is 414 g/mol. The molecule has 10 unspecified atom stereocenters. The lowest BCUT2D eigenvalue weighted by Gasteiger charge is -2.66. The maximum atomic E-state index is 10.6. The lowest BCUT2D eigenvalue weighted by molar-refractivity contribution is -0.179. The Labute approximate surface area is 187 Å². The number of allylic oxidation sites excluding steroid dienone is 2. The molecule has 4 aliphatic rings. The Balaban J connectivity index is 1.56. The van der Waals surface area contributed by atoms with Gasteiger partial charge in [0.15, 0.2) is 0 Å². The third-order valence-corrected chi connectivity index (χ3v) is 11.9. The molecular formula is C29H50O. The third kappa shape index (κ3) is 3.27. The van der Waals surface area contributed by atoms with Crippen LogP contribution in [0.2, 0.25) is 0 Å². The summed E-state index contributed by atoms with van der Waals surface area (Å²) in [5, 5.41) is 10.6. The average Bonchev–Trinajstić information content (AvgIpc) is 2.96. The van der Waals surface area contributed by atoms with Gasteiger partial charge in [-0.25, -0.2) is 0 Å². The molecule has 172 valence electrons. The van der Waals surface area contributed by atoms with E-state index in [1.165, 1.54) is 63.4 Å². The summed E-state index contributed by atoms with van der Waals surface area (Å²) in [7, 11) is 0. The van der Waals surface area contributed by atoms with E-state index in [1.54, 1.807) is 0 Å².